The highest BCUT2D eigenvalue weighted by Crippen LogP contribution is 2.33. The van der Waals surface area contributed by atoms with Crippen LogP contribution < -0.4 is 5.32 Å². The van der Waals surface area contributed by atoms with Crippen molar-refractivity contribution in [2.24, 2.45) is 0 Å². The molecule has 0 amide bonds. The van der Waals surface area contributed by atoms with Crippen LogP contribution in [0.3, 0.4) is 0 Å². The minimum absolute atomic E-state index is 0.736. The topological polar surface area (TPSA) is 40.7 Å². The number of para-hydroxylation sites is 1. The molecule has 2 N–H and O–H groups in total. The van der Waals surface area contributed by atoms with Gasteiger partial charge >= 0.3 is 0 Å². The summed E-state index contributed by atoms with van der Waals surface area (Å²) < 4.78 is 0. The van der Waals surface area contributed by atoms with Crippen molar-refractivity contribution in [3.8, 4) is 11.3 Å². The summed E-state index contributed by atoms with van der Waals surface area (Å²) in [6.45, 7) is 6.52. The quantitative estimate of drug-likeness (QED) is 0.697. The molecule has 96 valence electrons. The van der Waals surface area contributed by atoms with Crippen molar-refractivity contribution in [1.82, 2.24) is 9.97 Å². The number of thiazole rings is 1. The van der Waals surface area contributed by atoms with Crippen molar-refractivity contribution < 1.29 is 0 Å². The molecule has 3 aromatic rings. The predicted octanol–water partition coefficient (Wildman–Crippen LogP) is 4.20. The minimum atomic E-state index is 0.736. The summed E-state index contributed by atoms with van der Waals surface area (Å²) in [5, 5.41) is 7.47. The second kappa shape index (κ2) is 4.90. The van der Waals surface area contributed by atoms with Gasteiger partial charge in [-0.1, -0.05) is 24.3 Å². The molecule has 0 atom stereocenters. The van der Waals surface area contributed by atoms with Gasteiger partial charge in [-0.05, 0) is 13.0 Å². The van der Waals surface area contributed by atoms with Crippen LogP contribution in [0.15, 0.2) is 42.3 Å². The molecule has 0 aliphatic rings. The van der Waals surface area contributed by atoms with Gasteiger partial charge in [-0.3, -0.25) is 0 Å². The summed E-state index contributed by atoms with van der Waals surface area (Å²) in [7, 11) is 0. The Morgan fingerprint density at radius 2 is 2.26 bits per heavy atom. The number of nitrogens with zero attached hydrogens (tertiary/aromatic N) is 1. The van der Waals surface area contributed by atoms with Crippen LogP contribution in [-0.4, -0.2) is 16.5 Å². The zero-order valence-corrected chi connectivity index (χ0v) is 11.6. The Labute approximate surface area is 116 Å². The van der Waals surface area contributed by atoms with Crippen LogP contribution in [0.2, 0.25) is 0 Å². The summed E-state index contributed by atoms with van der Waals surface area (Å²) in [4.78, 5) is 8.05. The van der Waals surface area contributed by atoms with Crippen molar-refractivity contribution >= 4 is 27.4 Å². The third kappa shape index (κ3) is 2.15. The van der Waals surface area contributed by atoms with E-state index in [1.54, 1.807) is 11.3 Å². The van der Waals surface area contributed by atoms with E-state index in [1.807, 2.05) is 12.1 Å². The first-order chi connectivity index (χ1) is 9.29. The molecule has 0 spiro atoms. The summed E-state index contributed by atoms with van der Waals surface area (Å²) in [6, 6.07) is 8.32. The van der Waals surface area contributed by atoms with E-state index < -0.39 is 0 Å². The van der Waals surface area contributed by atoms with E-state index in [4.69, 9.17) is 0 Å². The van der Waals surface area contributed by atoms with Gasteiger partial charge < -0.3 is 10.3 Å². The molecule has 2 aromatic heterocycles. The van der Waals surface area contributed by atoms with Gasteiger partial charge in [0.25, 0.3) is 0 Å². The lowest BCUT2D eigenvalue weighted by atomic mass is 10.1. The van der Waals surface area contributed by atoms with Gasteiger partial charge in [-0.15, -0.1) is 17.9 Å². The molecule has 0 fully saturated rings. The molecule has 3 nitrogen and oxygen atoms in total. The van der Waals surface area contributed by atoms with Crippen molar-refractivity contribution in [2.75, 3.05) is 11.9 Å². The molecule has 0 saturated heterocycles. The fourth-order valence-corrected chi connectivity index (χ4v) is 2.95. The molecule has 0 radical (unpaired) electrons. The first-order valence-corrected chi connectivity index (χ1v) is 7.05. The monoisotopic (exact) mass is 269 g/mol. The molecule has 0 saturated carbocycles. The number of H-pyrrole nitrogens is 1. The molecule has 0 aliphatic carbocycles. The standard InChI is InChI=1S/C15H15N3S/c1-3-8-16-15-18-13(9-19-15)14-10(2)17-12-7-5-4-6-11(12)14/h3-7,9,17H,1,8H2,2H3,(H,16,18). The Morgan fingerprint density at radius 1 is 1.42 bits per heavy atom. The number of fused-ring (bicyclic) bond motifs is 1. The maximum Gasteiger partial charge on any atom is 0.183 e. The molecule has 0 bridgehead atoms. The number of rotatable bonds is 4. The SMILES string of the molecule is C=CCNc1nc(-c2c(C)[nH]c3ccccc23)cs1. The summed E-state index contributed by atoms with van der Waals surface area (Å²) in [6.07, 6.45) is 1.83. The van der Waals surface area contributed by atoms with Crippen LogP contribution in [-0.2, 0) is 0 Å². The molecule has 4 heteroatoms. The molecule has 1 aromatic carbocycles. The lowest BCUT2D eigenvalue weighted by Gasteiger charge is -1.97. The molecule has 2 heterocycles. The van der Waals surface area contributed by atoms with E-state index in [-0.39, 0.29) is 0 Å². The lowest BCUT2D eigenvalue weighted by Crippen LogP contribution is -1.96. The van der Waals surface area contributed by atoms with Gasteiger partial charge in [0.2, 0.25) is 0 Å². The molecular formula is C15H15N3S. The van der Waals surface area contributed by atoms with Crippen LogP contribution in [0.25, 0.3) is 22.2 Å². The number of aryl methyl sites for hydroxylation is 1. The summed E-state index contributed by atoms with van der Waals surface area (Å²) in [5.41, 5.74) is 4.52. The molecule has 19 heavy (non-hydrogen) atoms. The fraction of sp³-hybridized carbons (Fsp3) is 0.133. The predicted molar refractivity (Wildman–Crippen MR) is 82.8 cm³/mol. The van der Waals surface area contributed by atoms with Gasteiger partial charge in [0.15, 0.2) is 5.13 Å². The summed E-state index contributed by atoms with van der Waals surface area (Å²) >= 11 is 1.62. The highest BCUT2D eigenvalue weighted by Gasteiger charge is 2.12. The third-order valence-electron chi connectivity index (χ3n) is 3.05. The van der Waals surface area contributed by atoms with Crippen molar-refractivity contribution in [2.45, 2.75) is 6.92 Å². The third-order valence-corrected chi connectivity index (χ3v) is 3.85. The Morgan fingerprint density at radius 3 is 3.11 bits per heavy atom. The van der Waals surface area contributed by atoms with E-state index in [0.717, 1.165) is 28.6 Å². The van der Waals surface area contributed by atoms with E-state index in [9.17, 15) is 0 Å². The Bertz CT molecular complexity index is 724. The highest BCUT2D eigenvalue weighted by molar-refractivity contribution is 7.14. The second-order valence-corrected chi connectivity index (χ2v) is 5.24. The molecule has 3 rings (SSSR count). The average Bonchev–Trinajstić information content (AvgIpc) is 2.99. The number of hydrogen-bond acceptors (Lipinski definition) is 3. The van der Waals surface area contributed by atoms with Gasteiger partial charge in [-0.25, -0.2) is 4.98 Å². The zero-order valence-electron chi connectivity index (χ0n) is 10.7. The van der Waals surface area contributed by atoms with E-state index in [1.165, 1.54) is 10.9 Å². The highest BCUT2D eigenvalue weighted by atomic mass is 32.1. The molecule has 0 unspecified atom stereocenters. The fourth-order valence-electron chi connectivity index (χ4n) is 2.24. The average molecular weight is 269 g/mol. The van der Waals surface area contributed by atoms with E-state index in [0.29, 0.717) is 0 Å². The normalized spacial score (nSPS) is 10.8. The van der Waals surface area contributed by atoms with Crippen molar-refractivity contribution in [1.29, 1.82) is 0 Å². The number of anilines is 1. The van der Waals surface area contributed by atoms with Crippen LogP contribution >= 0.6 is 11.3 Å². The Hall–Kier alpha value is -2.07. The van der Waals surface area contributed by atoms with Gasteiger partial charge in [0.1, 0.15) is 0 Å². The van der Waals surface area contributed by atoms with Gasteiger partial charge in [0.05, 0.1) is 5.69 Å². The van der Waals surface area contributed by atoms with Crippen LogP contribution in [0, 0.1) is 6.92 Å². The number of aromatic amines is 1. The number of benzene rings is 1. The molecule has 0 aliphatic heterocycles. The maximum atomic E-state index is 4.64. The Balaban J connectivity index is 2.06. The smallest absolute Gasteiger partial charge is 0.183 e. The number of nitrogens with one attached hydrogen (secondary N) is 2. The van der Waals surface area contributed by atoms with Crippen LogP contribution in [0.1, 0.15) is 5.69 Å². The van der Waals surface area contributed by atoms with Crippen LogP contribution in [0.5, 0.6) is 0 Å². The maximum absolute atomic E-state index is 4.64. The minimum Gasteiger partial charge on any atom is -0.358 e. The van der Waals surface area contributed by atoms with Gasteiger partial charge in [0, 0.05) is 34.1 Å². The first kappa shape index (κ1) is 12.0. The zero-order chi connectivity index (χ0) is 13.2. The van der Waals surface area contributed by atoms with E-state index in [2.05, 4.69) is 52.4 Å². The lowest BCUT2D eigenvalue weighted by molar-refractivity contribution is 1.26. The van der Waals surface area contributed by atoms with E-state index >= 15 is 0 Å². The Kier molecular flexibility index (Phi) is 3.09. The first-order valence-electron chi connectivity index (χ1n) is 6.17. The van der Waals surface area contributed by atoms with Gasteiger partial charge in [-0.2, -0.15) is 0 Å². The largest absolute Gasteiger partial charge is 0.358 e. The van der Waals surface area contributed by atoms with Crippen molar-refractivity contribution in [3.05, 3.63) is 48.0 Å². The van der Waals surface area contributed by atoms with Crippen molar-refractivity contribution in [3.63, 3.8) is 0 Å². The van der Waals surface area contributed by atoms with Crippen LogP contribution in [0.4, 0.5) is 5.13 Å². The molecular weight excluding hydrogens is 254 g/mol. The number of hydrogen-bond donors (Lipinski definition) is 2. The number of aromatic nitrogens is 2. The summed E-state index contributed by atoms with van der Waals surface area (Å²) in [5.74, 6) is 0. The second-order valence-electron chi connectivity index (χ2n) is 4.38.